The number of hydrogen-bond acceptors (Lipinski definition) is 5. The molecular weight excluding hydrogens is 296 g/mol. The summed E-state index contributed by atoms with van der Waals surface area (Å²) in [4.78, 5) is 22.9. The lowest BCUT2D eigenvalue weighted by atomic mass is 9.54. The summed E-state index contributed by atoms with van der Waals surface area (Å²) in [6.07, 6.45) is 7.47. The third-order valence-corrected chi connectivity index (χ3v) is 5.45. The smallest absolute Gasteiger partial charge is 0.333 e. The first kappa shape index (κ1) is 16.5. The number of rotatable bonds is 7. The largest absolute Gasteiger partial charge is 0.462 e. The summed E-state index contributed by atoms with van der Waals surface area (Å²) < 4.78 is 16.0. The van der Waals surface area contributed by atoms with Crippen molar-refractivity contribution in [2.45, 2.75) is 57.5 Å². The highest BCUT2D eigenvalue weighted by molar-refractivity contribution is 5.87. The lowest BCUT2D eigenvalue weighted by Gasteiger charge is -2.56. The summed E-state index contributed by atoms with van der Waals surface area (Å²) in [6, 6.07) is 0. The molecule has 0 radical (unpaired) electrons. The molecule has 0 aromatic rings. The Morgan fingerprint density at radius 2 is 1.61 bits per heavy atom. The van der Waals surface area contributed by atoms with Crippen LogP contribution in [0.4, 0.5) is 0 Å². The second-order valence-corrected chi connectivity index (χ2v) is 7.55. The minimum Gasteiger partial charge on any atom is -0.462 e. The maximum absolute atomic E-state index is 11.7. The number of esters is 2. The maximum Gasteiger partial charge on any atom is 0.333 e. The minimum absolute atomic E-state index is 0.0133. The normalized spacial score (nSPS) is 34.2. The van der Waals surface area contributed by atoms with Gasteiger partial charge in [-0.2, -0.15) is 0 Å². The average Bonchev–Trinajstić information content (AvgIpc) is 2.45. The molecule has 0 aliphatic heterocycles. The monoisotopic (exact) mass is 322 g/mol. The van der Waals surface area contributed by atoms with Crippen molar-refractivity contribution < 1.29 is 23.8 Å². The molecule has 0 aromatic carbocycles. The standard InChI is InChI=1S/C18H26O5/c1-12(2)17(20)21-4-3-16(19)22-11-23-18-8-13-5-14(9-18)7-15(6-13)10-18/h13-15H,1,3-11H2,2H3. The molecule has 0 aromatic heterocycles. The Balaban J connectivity index is 1.36. The maximum atomic E-state index is 11.7. The van der Waals surface area contributed by atoms with E-state index >= 15 is 0 Å². The molecule has 4 bridgehead atoms. The number of carbonyl (C=O) groups excluding carboxylic acids is 2. The van der Waals surface area contributed by atoms with Gasteiger partial charge in [0.25, 0.3) is 0 Å². The summed E-state index contributed by atoms with van der Waals surface area (Å²) in [6.45, 7) is 5.08. The quantitative estimate of drug-likeness (QED) is 0.410. The van der Waals surface area contributed by atoms with Gasteiger partial charge in [0.1, 0.15) is 6.61 Å². The van der Waals surface area contributed by atoms with Gasteiger partial charge in [0.2, 0.25) is 0 Å². The molecule has 23 heavy (non-hydrogen) atoms. The van der Waals surface area contributed by atoms with Gasteiger partial charge in [-0.05, 0) is 63.2 Å². The van der Waals surface area contributed by atoms with Crippen LogP contribution in [0.15, 0.2) is 12.2 Å². The third-order valence-electron chi connectivity index (χ3n) is 5.45. The van der Waals surface area contributed by atoms with Crippen LogP contribution in [0.5, 0.6) is 0 Å². The fourth-order valence-corrected chi connectivity index (χ4v) is 4.85. The molecule has 4 aliphatic carbocycles. The Kier molecular flexibility index (Phi) is 4.76. The molecule has 4 fully saturated rings. The number of ether oxygens (including phenoxy) is 3. The highest BCUT2D eigenvalue weighted by Crippen LogP contribution is 2.57. The Morgan fingerprint density at radius 1 is 1.04 bits per heavy atom. The summed E-state index contributed by atoms with van der Waals surface area (Å²) in [7, 11) is 0. The van der Waals surface area contributed by atoms with Crippen LogP contribution in [-0.4, -0.2) is 30.9 Å². The second-order valence-electron chi connectivity index (χ2n) is 7.55. The van der Waals surface area contributed by atoms with Crippen LogP contribution in [0.2, 0.25) is 0 Å². The zero-order valence-corrected chi connectivity index (χ0v) is 13.8. The Hall–Kier alpha value is -1.36. The van der Waals surface area contributed by atoms with Crippen LogP contribution in [0.25, 0.3) is 0 Å². The summed E-state index contributed by atoms with van der Waals surface area (Å²) in [5, 5.41) is 0. The Labute approximate surface area is 137 Å². The van der Waals surface area contributed by atoms with Crippen LogP contribution < -0.4 is 0 Å². The van der Waals surface area contributed by atoms with Gasteiger partial charge in [-0.15, -0.1) is 0 Å². The molecule has 0 heterocycles. The molecule has 0 amide bonds. The summed E-state index contributed by atoms with van der Waals surface area (Å²) >= 11 is 0. The van der Waals surface area contributed by atoms with Crippen LogP contribution in [0.1, 0.15) is 51.9 Å². The van der Waals surface area contributed by atoms with Crippen molar-refractivity contribution in [2.75, 3.05) is 13.4 Å². The zero-order chi connectivity index (χ0) is 16.4. The minimum atomic E-state index is -0.484. The lowest BCUT2D eigenvalue weighted by molar-refractivity contribution is -0.210. The average molecular weight is 322 g/mol. The van der Waals surface area contributed by atoms with E-state index in [0.717, 1.165) is 37.0 Å². The molecule has 4 rings (SSSR count). The van der Waals surface area contributed by atoms with E-state index in [-0.39, 0.29) is 25.4 Å². The van der Waals surface area contributed by atoms with Crippen molar-refractivity contribution in [1.82, 2.24) is 0 Å². The van der Waals surface area contributed by atoms with E-state index in [4.69, 9.17) is 14.2 Å². The molecular formula is C18H26O5. The molecule has 0 spiro atoms. The fraction of sp³-hybridized carbons (Fsp3) is 0.778. The predicted molar refractivity (Wildman–Crippen MR) is 83.3 cm³/mol. The zero-order valence-electron chi connectivity index (χ0n) is 13.8. The first-order valence-corrected chi connectivity index (χ1v) is 8.58. The van der Waals surface area contributed by atoms with E-state index in [1.54, 1.807) is 6.92 Å². The highest BCUT2D eigenvalue weighted by atomic mass is 16.7. The number of carbonyl (C=O) groups is 2. The second kappa shape index (κ2) is 6.63. The van der Waals surface area contributed by atoms with E-state index in [2.05, 4.69) is 6.58 Å². The Bertz CT molecular complexity index is 460. The molecule has 4 saturated carbocycles. The van der Waals surface area contributed by atoms with Gasteiger partial charge in [-0.1, -0.05) is 6.58 Å². The van der Waals surface area contributed by atoms with Gasteiger partial charge in [0, 0.05) is 5.57 Å². The van der Waals surface area contributed by atoms with E-state index in [0.29, 0.717) is 5.57 Å². The highest BCUT2D eigenvalue weighted by Gasteiger charge is 2.51. The molecule has 0 unspecified atom stereocenters. The third kappa shape index (κ3) is 3.94. The van der Waals surface area contributed by atoms with Crippen molar-refractivity contribution in [1.29, 1.82) is 0 Å². The molecule has 0 N–H and O–H groups in total. The van der Waals surface area contributed by atoms with Crippen LogP contribution in [-0.2, 0) is 23.8 Å². The van der Waals surface area contributed by atoms with Crippen LogP contribution in [0.3, 0.4) is 0 Å². The van der Waals surface area contributed by atoms with Gasteiger partial charge in [-0.25, -0.2) is 4.79 Å². The van der Waals surface area contributed by atoms with E-state index < -0.39 is 11.9 Å². The fourth-order valence-electron chi connectivity index (χ4n) is 4.85. The lowest BCUT2D eigenvalue weighted by Crippen LogP contribution is -2.52. The SMILES string of the molecule is C=C(C)C(=O)OCCC(=O)OCOC12CC3CC(CC(C3)C1)C2. The molecule has 4 aliphatic rings. The molecule has 0 atom stereocenters. The van der Waals surface area contributed by atoms with E-state index in [1.165, 1.54) is 19.3 Å². The van der Waals surface area contributed by atoms with Crippen molar-refractivity contribution in [3.05, 3.63) is 12.2 Å². The van der Waals surface area contributed by atoms with Crippen LogP contribution in [0, 0.1) is 17.8 Å². The Morgan fingerprint density at radius 3 is 2.13 bits per heavy atom. The van der Waals surface area contributed by atoms with Crippen molar-refractivity contribution in [2.24, 2.45) is 17.8 Å². The predicted octanol–water partition coefficient (Wildman–Crippen LogP) is 2.98. The molecule has 128 valence electrons. The van der Waals surface area contributed by atoms with Crippen molar-refractivity contribution >= 4 is 11.9 Å². The topological polar surface area (TPSA) is 61.8 Å². The van der Waals surface area contributed by atoms with Gasteiger partial charge < -0.3 is 14.2 Å². The summed E-state index contributed by atoms with van der Waals surface area (Å²) in [5.74, 6) is 1.53. The van der Waals surface area contributed by atoms with Gasteiger partial charge in [0.05, 0.1) is 12.0 Å². The first-order chi connectivity index (χ1) is 11.0. The molecule has 5 nitrogen and oxygen atoms in total. The van der Waals surface area contributed by atoms with Crippen molar-refractivity contribution in [3.8, 4) is 0 Å². The van der Waals surface area contributed by atoms with E-state index in [1.807, 2.05) is 0 Å². The number of hydrogen-bond donors (Lipinski definition) is 0. The van der Waals surface area contributed by atoms with Crippen molar-refractivity contribution in [3.63, 3.8) is 0 Å². The van der Waals surface area contributed by atoms with Gasteiger partial charge >= 0.3 is 11.9 Å². The summed E-state index contributed by atoms with van der Waals surface area (Å²) in [5.41, 5.74) is 0.269. The molecule has 5 heteroatoms. The molecule has 0 saturated heterocycles. The van der Waals surface area contributed by atoms with Gasteiger partial charge in [0.15, 0.2) is 6.79 Å². The van der Waals surface area contributed by atoms with Gasteiger partial charge in [-0.3, -0.25) is 4.79 Å². The van der Waals surface area contributed by atoms with E-state index in [9.17, 15) is 9.59 Å². The first-order valence-electron chi connectivity index (χ1n) is 8.58. The van der Waals surface area contributed by atoms with Crippen LogP contribution >= 0.6 is 0 Å².